The SMILES string of the molecule is CCCCOc1ccc(-c2nc3ccccc3[nH]2)cc1OC. The zero-order valence-electron chi connectivity index (χ0n) is 12.9. The van der Waals surface area contributed by atoms with E-state index in [9.17, 15) is 0 Å². The van der Waals surface area contributed by atoms with E-state index in [1.165, 1.54) is 0 Å². The third-order valence-electron chi connectivity index (χ3n) is 3.58. The van der Waals surface area contributed by atoms with Crippen molar-refractivity contribution < 1.29 is 9.47 Å². The van der Waals surface area contributed by atoms with E-state index in [1.807, 2.05) is 42.5 Å². The van der Waals surface area contributed by atoms with Gasteiger partial charge in [-0.2, -0.15) is 0 Å². The standard InChI is InChI=1S/C18H20N2O2/c1-3-4-11-22-16-10-9-13(12-17(16)21-2)18-19-14-7-5-6-8-15(14)20-18/h5-10,12H,3-4,11H2,1-2H3,(H,19,20). The van der Waals surface area contributed by atoms with Crippen molar-refractivity contribution >= 4 is 11.0 Å². The van der Waals surface area contributed by atoms with Gasteiger partial charge in [0.05, 0.1) is 24.8 Å². The fourth-order valence-electron chi connectivity index (χ4n) is 2.35. The van der Waals surface area contributed by atoms with Crippen molar-refractivity contribution in [2.45, 2.75) is 19.8 Å². The second-order valence-electron chi connectivity index (χ2n) is 5.17. The molecule has 0 radical (unpaired) electrons. The Hall–Kier alpha value is -2.49. The number of fused-ring (bicyclic) bond motifs is 1. The average Bonchev–Trinajstić information content (AvgIpc) is 2.99. The van der Waals surface area contributed by atoms with E-state index in [0.29, 0.717) is 6.61 Å². The van der Waals surface area contributed by atoms with Crippen LogP contribution in [0.5, 0.6) is 11.5 Å². The van der Waals surface area contributed by atoms with E-state index in [1.54, 1.807) is 7.11 Å². The predicted octanol–water partition coefficient (Wildman–Crippen LogP) is 4.42. The molecule has 2 aromatic carbocycles. The summed E-state index contributed by atoms with van der Waals surface area (Å²) in [7, 11) is 1.66. The van der Waals surface area contributed by atoms with Gasteiger partial charge in [-0.05, 0) is 36.8 Å². The Balaban J connectivity index is 1.90. The van der Waals surface area contributed by atoms with Crippen LogP contribution < -0.4 is 9.47 Å². The molecule has 0 saturated carbocycles. The summed E-state index contributed by atoms with van der Waals surface area (Å²) in [5.74, 6) is 2.34. The minimum atomic E-state index is 0.705. The number of hydrogen-bond acceptors (Lipinski definition) is 3. The van der Waals surface area contributed by atoms with Crippen LogP contribution in [-0.4, -0.2) is 23.7 Å². The van der Waals surface area contributed by atoms with Crippen molar-refractivity contribution in [1.29, 1.82) is 0 Å². The Kier molecular flexibility index (Phi) is 4.28. The minimum absolute atomic E-state index is 0.705. The van der Waals surface area contributed by atoms with Gasteiger partial charge in [-0.25, -0.2) is 4.98 Å². The number of benzene rings is 2. The molecule has 114 valence electrons. The summed E-state index contributed by atoms with van der Waals surface area (Å²) >= 11 is 0. The molecule has 4 nitrogen and oxygen atoms in total. The van der Waals surface area contributed by atoms with Crippen LogP contribution in [0.3, 0.4) is 0 Å². The van der Waals surface area contributed by atoms with Crippen LogP contribution in [0.4, 0.5) is 0 Å². The maximum Gasteiger partial charge on any atom is 0.161 e. The van der Waals surface area contributed by atoms with E-state index < -0.39 is 0 Å². The zero-order chi connectivity index (χ0) is 15.4. The lowest BCUT2D eigenvalue weighted by molar-refractivity contribution is 0.288. The van der Waals surface area contributed by atoms with Gasteiger partial charge in [0.15, 0.2) is 11.5 Å². The van der Waals surface area contributed by atoms with Gasteiger partial charge < -0.3 is 14.5 Å². The van der Waals surface area contributed by atoms with Gasteiger partial charge in [0.2, 0.25) is 0 Å². The highest BCUT2D eigenvalue weighted by Gasteiger charge is 2.10. The number of nitrogens with one attached hydrogen (secondary N) is 1. The molecule has 1 heterocycles. The fourth-order valence-corrected chi connectivity index (χ4v) is 2.35. The first-order valence-electron chi connectivity index (χ1n) is 7.57. The summed E-state index contributed by atoms with van der Waals surface area (Å²) in [6.07, 6.45) is 2.15. The maximum absolute atomic E-state index is 5.76. The molecule has 0 aliphatic rings. The Morgan fingerprint density at radius 2 is 1.95 bits per heavy atom. The summed E-state index contributed by atoms with van der Waals surface area (Å²) in [6.45, 7) is 2.85. The number of imidazole rings is 1. The number of rotatable bonds is 6. The summed E-state index contributed by atoms with van der Waals surface area (Å²) in [5, 5.41) is 0. The number of hydrogen-bond donors (Lipinski definition) is 1. The zero-order valence-corrected chi connectivity index (χ0v) is 12.9. The van der Waals surface area contributed by atoms with Crippen molar-refractivity contribution in [2.24, 2.45) is 0 Å². The monoisotopic (exact) mass is 296 g/mol. The maximum atomic E-state index is 5.76. The molecule has 3 rings (SSSR count). The van der Waals surface area contributed by atoms with Crippen LogP contribution in [-0.2, 0) is 0 Å². The van der Waals surface area contributed by atoms with Gasteiger partial charge in [-0.15, -0.1) is 0 Å². The molecule has 1 N–H and O–H groups in total. The molecule has 0 bridgehead atoms. The first kappa shape index (κ1) is 14.4. The second kappa shape index (κ2) is 6.52. The average molecular weight is 296 g/mol. The molecule has 0 aliphatic heterocycles. The van der Waals surface area contributed by atoms with E-state index in [4.69, 9.17) is 9.47 Å². The van der Waals surface area contributed by atoms with Crippen LogP contribution in [0.1, 0.15) is 19.8 Å². The molecule has 1 aromatic heterocycles. The van der Waals surface area contributed by atoms with Crippen LogP contribution in [0, 0.1) is 0 Å². The molecular weight excluding hydrogens is 276 g/mol. The van der Waals surface area contributed by atoms with Crippen LogP contribution in [0.2, 0.25) is 0 Å². The first-order chi connectivity index (χ1) is 10.8. The largest absolute Gasteiger partial charge is 0.493 e. The molecule has 3 aromatic rings. The van der Waals surface area contributed by atoms with Gasteiger partial charge in [0, 0.05) is 5.56 Å². The number of aromatic nitrogens is 2. The lowest BCUT2D eigenvalue weighted by Crippen LogP contribution is -1.99. The first-order valence-corrected chi connectivity index (χ1v) is 7.57. The normalized spacial score (nSPS) is 10.8. The van der Waals surface area contributed by atoms with E-state index in [-0.39, 0.29) is 0 Å². The van der Waals surface area contributed by atoms with E-state index >= 15 is 0 Å². The van der Waals surface area contributed by atoms with Gasteiger partial charge in [0.1, 0.15) is 5.82 Å². The van der Waals surface area contributed by atoms with Crippen LogP contribution >= 0.6 is 0 Å². The number of H-pyrrole nitrogens is 1. The number of ether oxygens (including phenoxy) is 2. The Labute approximate surface area is 130 Å². The van der Waals surface area contributed by atoms with Crippen LogP contribution in [0.25, 0.3) is 22.4 Å². The van der Waals surface area contributed by atoms with E-state index in [2.05, 4.69) is 16.9 Å². The summed E-state index contributed by atoms with van der Waals surface area (Å²) < 4.78 is 11.2. The smallest absolute Gasteiger partial charge is 0.161 e. The number of para-hydroxylation sites is 2. The number of nitrogens with zero attached hydrogens (tertiary/aromatic N) is 1. The lowest BCUT2D eigenvalue weighted by atomic mass is 10.2. The third-order valence-corrected chi connectivity index (χ3v) is 3.58. The lowest BCUT2D eigenvalue weighted by Gasteiger charge is -2.11. The van der Waals surface area contributed by atoms with Crippen molar-refractivity contribution in [3.05, 3.63) is 42.5 Å². The van der Waals surface area contributed by atoms with Crippen molar-refractivity contribution in [2.75, 3.05) is 13.7 Å². The molecule has 0 saturated heterocycles. The Morgan fingerprint density at radius 1 is 1.09 bits per heavy atom. The van der Waals surface area contributed by atoms with Gasteiger partial charge in [0.25, 0.3) is 0 Å². The Bertz CT molecular complexity index is 732. The molecule has 22 heavy (non-hydrogen) atoms. The van der Waals surface area contributed by atoms with Crippen molar-refractivity contribution in [3.8, 4) is 22.9 Å². The minimum Gasteiger partial charge on any atom is -0.493 e. The predicted molar refractivity (Wildman–Crippen MR) is 88.5 cm³/mol. The fraction of sp³-hybridized carbons (Fsp3) is 0.278. The topological polar surface area (TPSA) is 47.1 Å². The molecule has 0 aliphatic carbocycles. The number of aromatic amines is 1. The molecule has 0 fully saturated rings. The van der Waals surface area contributed by atoms with Crippen molar-refractivity contribution in [3.63, 3.8) is 0 Å². The molecule has 0 amide bonds. The highest BCUT2D eigenvalue weighted by Crippen LogP contribution is 2.32. The highest BCUT2D eigenvalue weighted by molar-refractivity contribution is 5.79. The third kappa shape index (κ3) is 2.91. The molecule has 0 atom stereocenters. The quantitative estimate of drug-likeness (QED) is 0.685. The summed E-state index contributed by atoms with van der Waals surface area (Å²) in [6, 6.07) is 13.9. The number of methoxy groups -OCH3 is 1. The van der Waals surface area contributed by atoms with Crippen molar-refractivity contribution in [1.82, 2.24) is 9.97 Å². The Morgan fingerprint density at radius 3 is 2.73 bits per heavy atom. The molecule has 0 unspecified atom stereocenters. The summed E-state index contributed by atoms with van der Waals surface area (Å²) in [4.78, 5) is 7.94. The van der Waals surface area contributed by atoms with E-state index in [0.717, 1.165) is 46.8 Å². The molecular formula is C18H20N2O2. The van der Waals surface area contributed by atoms with Crippen LogP contribution in [0.15, 0.2) is 42.5 Å². The highest BCUT2D eigenvalue weighted by atomic mass is 16.5. The number of unbranched alkanes of at least 4 members (excludes halogenated alkanes) is 1. The molecule has 0 spiro atoms. The van der Waals surface area contributed by atoms with Gasteiger partial charge in [-0.1, -0.05) is 25.5 Å². The van der Waals surface area contributed by atoms with Gasteiger partial charge in [-0.3, -0.25) is 0 Å². The molecule has 4 heteroatoms. The van der Waals surface area contributed by atoms with Gasteiger partial charge >= 0.3 is 0 Å². The second-order valence-corrected chi connectivity index (χ2v) is 5.17. The summed E-state index contributed by atoms with van der Waals surface area (Å²) in [5.41, 5.74) is 2.97.